The highest BCUT2D eigenvalue weighted by Gasteiger charge is 2.36. The van der Waals surface area contributed by atoms with Gasteiger partial charge < -0.3 is 20.1 Å². The second-order valence-corrected chi connectivity index (χ2v) is 5.50. The highest BCUT2D eigenvalue weighted by molar-refractivity contribution is 5.81. The molecule has 2 atom stereocenters. The van der Waals surface area contributed by atoms with Crippen LogP contribution >= 0.6 is 0 Å². The van der Waals surface area contributed by atoms with Gasteiger partial charge in [0.1, 0.15) is 6.10 Å². The molecule has 0 bridgehead atoms. The summed E-state index contributed by atoms with van der Waals surface area (Å²) in [6.45, 7) is 7.09. The molecule has 0 aromatic carbocycles. The quantitative estimate of drug-likeness (QED) is 0.794. The van der Waals surface area contributed by atoms with Crippen LogP contribution in [0.15, 0.2) is 0 Å². The molecule has 2 aliphatic heterocycles. The smallest absolute Gasteiger partial charge is 0.250 e. The van der Waals surface area contributed by atoms with Gasteiger partial charge in [-0.1, -0.05) is 13.8 Å². The summed E-state index contributed by atoms with van der Waals surface area (Å²) in [5, 5.41) is 6.31. The molecule has 2 N–H and O–H groups in total. The van der Waals surface area contributed by atoms with E-state index in [1.165, 1.54) is 0 Å². The average molecular weight is 270 g/mol. The summed E-state index contributed by atoms with van der Waals surface area (Å²) in [5.74, 6) is 0.0141. The van der Waals surface area contributed by atoms with E-state index < -0.39 is 0 Å². The summed E-state index contributed by atoms with van der Waals surface area (Å²) in [6.07, 6.45) is 3.46. The highest BCUT2D eigenvalue weighted by atomic mass is 16.5. The van der Waals surface area contributed by atoms with Crippen molar-refractivity contribution in [3.63, 3.8) is 0 Å². The minimum atomic E-state index is -0.339. The van der Waals surface area contributed by atoms with E-state index >= 15 is 0 Å². The second-order valence-electron chi connectivity index (χ2n) is 5.50. The monoisotopic (exact) mass is 270 g/mol. The lowest BCUT2D eigenvalue weighted by molar-refractivity contribution is -0.138. The SMILES string of the molecule is CCC1(CC)CC(NC(=O)C2CNCCO2)CCO1. The third-order valence-electron chi connectivity index (χ3n) is 4.35. The maximum Gasteiger partial charge on any atom is 0.250 e. The molecule has 110 valence electrons. The molecule has 0 spiro atoms. The fourth-order valence-corrected chi connectivity index (χ4v) is 2.92. The van der Waals surface area contributed by atoms with E-state index in [0.29, 0.717) is 13.2 Å². The van der Waals surface area contributed by atoms with E-state index in [-0.39, 0.29) is 23.7 Å². The summed E-state index contributed by atoms with van der Waals surface area (Å²) >= 11 is 0. The van der Waals surface area contributed by atoms with Crippen LogP contribution in [0.25, 0.3) is 0 Å². The molecule has 2 rings (SSSR count). The van der Waals surface area contributed by atoms with Gasteiger partial charge in [0, 0.05) is 25.7 Å². The van der Waals surface area contributed by atoms with Gasteiger partial charge in [0.25, 0.3) is 5.91 Å². The lowest BCUT2D eigenvalue weighted by Gasteiger charge is -2.40. The van der Waals surface area contributed by atoms with E-state index in [2.05, 4.69) is 24.5 Å². The van der Waals surface area contributed by atoms with Crippen LogP contribution in [0, 0.1) is 0 Å². The van der Waals surface area contributed by atoms with Gasteiger partial charge in [-0.05, 0) is 25.7 Å². The van der Waals surface area contributed by atoms with Crippen LogP contribution in [0.3, 0.4) is 0 Å². The van der Waals surface area contributed by atoms with Crippen LogP contribution in [-0.2, 0) is 14.3 Å². The molecule has 19 heavy (non-hydrogen) atoms. The standard InChI is InChI=1S/C14H26N2O3/c1-3-14(4-2)9-11(5-7-19-14)16-13(17)12-10-15-6-8-18-12/h11-12,15H,3-10H2,1-2H3,(H,16,17). The fraction of sp³-hybridized carbons (Fsp3) is 0.929. The lowest BCUT2D eigenvalue weighted by atomic mass is 9.86. The van der Waals surface area contributed by atoms with E-state index in [1.54, 1.807) is 0 Å². The zero-order valence-corrected chi connectivity index (χ0v) is 12.0. The number of carbonyl (C=O) groups excluding carboxylic acids is 1. The molecule has 0 aromatic heterocycles. The highest BCUT2D eigenvalue weighted by Crippen LogP contribution is 2.31. The van der Waals surface area contributed by atoms with Crippen molar-refractivity contribution in [3.8, 4) is 0 Å². The van der Waals surface area contributed by atoms with Gasteiger partial charge in [-0.2, -0.15) is 0 Å². The maximum atomic E-state index is 12.1. The molecule has 0 saturated carbocycles. The average Bonchev–Trinajstić information content (AvgIpc) is 2.48. The maximum absolute atomic E-state index is 12.1. The van der Waals surface area contributed by atoms with Crippen molar-refractivity contribution >= 4 is 5.91 Å². The zero-order valence-electron chi connectivity index (χ0n) is 12.0. The second kappa shape index (κ2) is 6.68. The minimum absolute atomic E-state index is 0.0141. The minimum Gasteiger partial charge on any atom is -0.375 e. The van der Waals surface area contributed by atoms with Crippen molar-refractivity contribution in [2.45, 2.75) is 57.3 Å². The van der Waals surface area contributed by atoms with Crippen molar-refractivity contribution in [3.05, 3.63) is 0 Å². The Balaban J connectivity index is 1.86. The van der Waals surface area contributed by atoms with Gasteiger partial charge in [-0.3, -0.25) is 4.79 Å². The van der Waals surface area contributed by atoms with E-state index in [1.807, 2.05) is 0 Å². The normalized spacial score (nSPS) is 30.8. The summed E-state index contributed by atoms with van der Waals surface area (Å²) in [4.78, 5) is 12.1. The van der Waals surface area contributed by atoms with Gasteiger partial charge in [0.2, 0.25) is 0 Å². The molecule has 0 radical (unpaired) electrons. The predicted octanol–water partition coefficient (Wildman–Crippen LogP) is 0.829. The first-order valence-electron chi connectivity index (χ1n) is 7.46. The number of hydrogen-bond acceptors (Lipinski definition) is 4. The van der Waals surface area contributed by atoms with E-state index in [4.69, 9.17) is 9.47 Å². The predicted molar refractivity (Wildman–Crippen MR) is 73.0 cm³/mol. The van der Waals surface area contributed by atoms with Crippen LogP contribution in [0.2, 0.25) is 0 Å². The third kappa shape index (κ3) is 3.68. The van der Waals surface area contributed by atoms with Gasteiger partial charge in [-0.15, -0.1) is 0 Å². The molecule has 2 heterocycles. The molecular weight excluding hydrogens is 244 g/mol. The van der Waals surface area contributed by atoms with Crippen LogP contribution in [0.1, 0.15) is 39.5 Å². The summed E-state index contributed by atoms with van der Waals surface area (Å²) < 4.78 is 11.4. The van der Waals surface area contributed by atoms with Crippen molar-refractivity contribution in [2.24, 2.45) is 0 Å². The fourth-order valence-electron chi connectivity index (χ4n) is 2.92. The molecule has 2 fully saturated rings. The van der Waals surface area contributed by atoms with Crippen LogP contribution in [0.4, 0.5) is 0 Å². The first-order chi connectivity index (χ1) is 9.19. The zero-order chi connectivity index (χ0) is 13.7. The molecule has 0 aliphatic carbocycles. The molecule has 5 nitrogen and oxygen atoms in total. The van der Waals surface area contributed by atoms with Crippen LogP contribution in [0.5, 0.6) is 0 Å². The Bertz CT molecular complexity index is 299. The van der Waals surface area contributed by atoms with Crippen molar-refractivity contribution < 1.29 is 14.3 Å². The Hall–Kier alpha value is -0.650. The Morgan fingerprint density at radius 1 is 1.37 bits per heavy atom. The third-order valence-corrected chi connectivity index (χ3v) is 4.35. The molecule has 0 aromatic rings. The van der Waals surface area contributed by atoms with Gasteiger partial charge in [-0.25, -0.2) is 0 Å². The Morgan fingerprint density at radius 2 is 2.16 bits per heavy atom. The number of ether oxygens (including phenoxy) is 2. The number of nitrogens with one attached hydrogen (secondary N) is 2. The summed E-state index contributed by atoms with van der Waals surface area (Å²) in [7, 11) is 0. The molecule has 5 heteroatoms. The number of amides is 1. The Kier molecular flexibility index (Phi) is 5.19. The molecule has 2 aliphatic rings. The topological polar surface area (TPSA) is 59.6 Å². The number of carbonyl (C=O) groups is 1. The van der Waals surface area contributed by atoms with E-state index in [9.17, 15) is 4.79 Å². The van der Waals surface area contributed by atoms with Crippen molar-refractivity contribution in [1.82, 2.24) is 10.6 Å². The van der Waals surface area contributed by atoms with Gasteiger partial charge >= 0.3 is 0 Å². The molecule has 2 saturated heterocycles. The lowest BCUT2D eigenvalue weighted by Crippen LogP contribution is -2.53. The molecule has 1 amide bonds. The number of hydrogen-bond donors (Lipinski definition) is 2. The summed E-state index contributed by atoms with van der Waals surface area (Å²) in [5.41, 5.74) is -0.0537. The van der Waals surface area contributed by atoms with Gasteiger partial charge in [0.05, 0.1) is 12.2 Å². The Morgan fingerprint density at radius 3 is 2.79 bits per heavy atom. The largest absolute Gasteiger partial charge is 0.375 e. The van der Waals surface area contributed by atoms with Crippen LogP contribution < -0.4 is 10.6 Å². The first kappa shape index (κ1) is 14.8. The van der Waals surface area contributed by atoms with Crippen molar-refractivity contribution in [2.75, 3.05) is 26.3 Å². The summed E-state index contributed by atoms with van der Waals surface area (Å²) in [6, 6.07) is 0.215. The molecular formula is C14H26N2O3. The Labute approximate surface area is 115 Å². The number of morpholine rings is 1. The number of rotatable bonds is 4. The van der Waals surface area contributed by atoms with Crippen LogP contribution in [-0.4, -0.2) is 50.0 Å². The first-order valence-corrected chi connectivity index (χ1v) is 7.46. The van der Waals surface area contributed by atoms with Gasteiger partial charge in [0.15, 0.2) is 0 Å². The van der Waals surface area contributed by atoms with Crippen molar-refractivity contribution in [1.29, 1.82) is 0 Å². The van der Waals surface area contributed by atoms with E-state index in [0.717, 1.165) is 38.8 Å². The molecule has 2 unspecified atom stereocenters.